The topological polar surface area (TPSA) is 26.7 Å². The van der Waals surface area contributed by atoms with Crippen molar-refractivity contribution in [3.05, 3.63) is 23.8 Å². The molecule has 0 atom stereocenters. The maximum absolute atomic E-state index is 9.54. The molecule has 0 aliphatic carbocycles. The summed E-state index contributed by atoms with van der Waals surface area (Å²) in [6, 6.07) is 5.77. The van der Waals surface area contributed by atoms with Crippen LogP contribution in [0.2, 0.25) is 0 Å². The van der Waals surface area contributed by atoms with Gasteiger partial charge in [-0.15, -0.1) is 0 Å². The first-order valence-corrected chi connectivity index (χ1v) is 5.39. The predicted octanol–water partition coefficient (Wildman–Crippen LogP) is 1.45. The van der Waals surface area contributed by atoms with E-state index in [-0.39, 0.29) is 0 Å². The number of phenolic OH excluding ortho intramolecular Hbond substituents is 1. The molecule has 2 rings (SSSR count). The molecule has 0 radical (unpaired) electrons. The van der Waals surface area contributed by atoms with E-state index in [4.69, 9.17) is 0 Å². The minimum absolute atomic E-state index is 0.365. The number of piperazine rings is 1. The maximum atomic E-state index is 9.54. The summed E-state index contributed by atoms with van der Waals surface area (Å²) in [6.07, 6.45) is 0. The number of nitrogens with zero attached hydrogens (tertiary/aromatic N) is 2. The lowest BCUT2D eigenvalue weighted by Crippen LogP contribution is -2.44. The molecule has 3 nitrogen and oxygen atoms in total. The average Bonchev–Trinajstić information content (AvgIpc) is 2.17. The van der Waals surface area contributed by atoms with Crippen molar-refractivity contribution < 1.29 is 5.11 Å². The average molecular weight is 206 g/mol. The Bertz CT molecular complexity index is 323. The van der Waals surface area contributed by atoms with Crippen LogP contribution in [0.4, 0.5) is 5.69 Å². The van der Waals surface area contributed by atoms with Crippen LogP contribution in [-0.2, 0) is 0 Å². The number of likely N-dealkylation sites (N-methyl/N-ethyl adjacent to an activating group) is 1. The fourth-order valence-corrected chi connectivity index (χ4v) is 1.99. The molecule has 1 fully saturated rings. The van der Waals surface area contributed by atoms with Crippen molar-refractivity contribution in [1.82, 2.24) is 4.90 Å². The van der Waals surface area contributed by atoms with Crippen LogP contribution in [0, 0.1) is 6.92 Å². The minimum atomic E-state index is 0.365. The molecule has 3 heteroatoms. The summed E-state index contributed by atoms with van der Waals surface area (Å²) >= 11 is 0. The molecule has 1 aromatic carbocycles. The van der Waals surface area contributed by atoms with Gasteiger partial charge in [-0.2, -0.15) is 0 Å². The van der Waals surface area contributed by atoms with Crippen LogP contribution in [0.15, 0.2) is 18.2 Å². The molecule has 1 aromatic rings. The van der Waals surface area contributed by atoms with Gasteiger partial charge in [-0.25, -0.2) is 0 Å². The Morgan fingerprint density at radius 2 is 1.73 bits per heavy atom. The van der Waals surface area contributed by atoms with Crippen molar-refractivity contribution in [3.8, 4) is 5.75 Å². The van der Waals surface area contributed by atoms with Crippen LogP contribution in [0.1, 0.15) is 5.56 Å². The number of anilines is 1. The van der Waals surface area contributed by atoms with E-state index in [9.17, 15) is 5.11 Å². The minimum Gasteiger partial charge on any atom is -0.508 e. The van der Waals surface area contributed by atoms with Gasteiger partial charge in [0, 0.05) is 37.9 Å². The molecule has 1 aliphatic rings. The summed E-state index contributed by atoms with van der Waals surface area (Å²) in [5.74, 6) is 0.365. The van der Waals surface area contributed by atoms with Crippen LogP contribution < -0.4 is 4.90 Å². The van der Waals surface area contributed by atoms with Crippen molar-refractivity contribution >= 4 is 5.69 Å². The van der Waals surface area contributed by atoms with E-state index in [1.54, 1.807) is 6.07 Å². The smallest absolute Gasteiger partial charge is 0.117 e. The number of aromatic hydroxyl groups is 1. The summed E-state index contributed by atoms with van der Waals surface area (Å²) in [5, 5.41) is 9.54. The van der Waals surface area contributed by atoms with Crippen molar-refractivity contribution in [3.63, 3.8) is 0 Å². The van der Waals surface area contributed by atoms with Crippen molar-refractivity contribution in [2.75, 3.05) is 38.1 Å². The molecule has 0 amide bonds. The van der Waals surface area contributed by atoms with Crippen LogP contribution in [-0.4, -0.2) is 43.2 Å². The lowest BCUT2D eigenvalue weighted by atomic mass is 10.2. The Hall–Kier alpha value is -1.22. The number of benzene rings is 1. The van der Waals surface area contributed by atoms with E-state index in [0.29, 0.717) is 5.75 Å². The summed E-state index contributed by atoms with van der Waals surface area (Å²) in [4.78, 5) is 4.65. The second-order valence-electron chi connectivity index (χ2n) is 4.32. The molecule has 1 aliphatic heterocycles. The van der Waals surface area contributed by atoms with E-state index in [1.807, 2.05) is 13.0 Å². The van der Waals surface area contributed by atoms with Gasteiger partial charge >= 0.3 is 0 Å². The highest BCUT2D eigenvalue weighted by Gasteiger charge is 2.14. The van der Waals surface area contributed by atoms with Gasteiger partial charge in [0.2, 0.25) is 0 Å². The number of rotatable bonds is 1. The molecule has 82 valence electrons. The van der Waals surface area contributed by atoms with E-state index in [1.165, 1.54) is 0 Å². The fourth-order valence-electron chi connectivity index (χ4n) is 1.99. The van der Waals surface area contributed by atoms with Gasteiger partial charge in [-0.05, 0) is 31.7 Å². The molecule has 0 spiro atoms. The zero-order valence-corrected chi connectivity index (χ0v) is 9.40. The molecular formula is C12H18N2O. The normalized spacial score (nSPS) is 18.1. The third kappa shape index (κ3) is 2.42. The summed E-state index contributed by atoms with van der Waals surface area (Å²) < 4.78 is 0. The molecule has 0 saturated carbocycles. The zero-order chi connectivity index (χ0) is 10.8. The standard InChI is InChI=1S/C12H18N2O/c1-10-7-11(9-12(15)8-10)14-5-3-13(2)4-6-14/h7-9,15H,3-6H2,1-2H3. The van der Waals surface area contributed by atoms with Crippen LogP contribution >= 0.6 is 0 Å². The first kappa shape index (κ1) is 10.3. The number of phenols is 1. The molecule has 15 heavy (non-hydrogen) atoms. The van der Waals surface area contributed by atoms with E-state index in [2.05, 4.69) is 22.9 Å². The monoisotopic (exact) mass is 206 g/mol. The van der Waals surface area contributed by atoms with Crippen molar-refractivity contribution in [2.24, 2.45) is 0 Å². The first-order chi connectivity index (χ1) is 7.15. The Morgan fingerprint density at radius 1 is 1.07 bits per heavy atom. The third-order valence-corrected chi connectivity index (χ3v) is 2.92. The summed E-state index contributed by atoms with van der Waals surface area (Å²) in [5.41, 5.74) is 2.25. The lowest BCUT2D eigenvalue weighted by molar-refractivity contribution is 0.312. The number of hydrogen-bond acceptors (Lipinski definition) is 3. The van der Waals surface area contributed by atoms with E-state index >= 15 is 0 Å². The second kappa shape index (κ2) is 4.11. The largest absolute Gasteiger partial charge is 0.508 e. The number of hydrogen-bond donors (Lipinski definition) is 1. The Balaban J connectivity index is 2.15. The molecule has 0 unspecified atom stereocenters. The summed E-state index contributed by atoms with van der Waals surface area (Å²) in [6.45, 7) is 6.28. The van der Waals surface area contributed by atoms with Gasteiger partial charge in [0.25, 0.3) is 0 Å². The molecule has 0 aromatic heterocycles. The SMILES string of the molecule is Cc1cc(O)cc(N2CCN(C)CC2)c1. The Labute approximate surface area is 90.9 Å². The van der Waals surface area contributed by atoms with Gasteiger partial charge in [0.1, 0.15) is 5.75 Å². The van der Waals surface area contributed by atoms with Gasteiger partial charge in [0.05, 0.1) is 0 Å². The van der Waals surface area contributed by atoms with Crippen LogP contribution in [0.3, 0.4) is 0 Å². The fraction of sp³-hybridized carbons (Fsp3) is 0.500. The van der Waals surface area contributed by atoms with Gasteiger partial charge < -0.3 is 14.9 Å². The van der Waals surface area contributed by atoms with E-state index in [0.717, 1.165) is 37.4 Å². The molecule has 1 N–H and O–H groups in total. The van der Waals surface area contributed by atoms with Crippen molar-refractivity contribution in [1.29, 1.82) is 0 Å². The molecule has 0 bridgehead atoms. The van der Waals surface area contributed by atoms with Crippen LogP contribution in [0.5, 0.6) is 5.75 Å². The molecular weight excluding hydrogens is 188 g/mol. The second-order valence-corrected chi connectivity index (χ2v) is 4.32. The zero-order valence-electron chi connectivity index (χ0n) is 9.40. The van der Waals surface area contributed by atoms with E-state index < -0.39 is 0 Å². The summed E-state index contributed by atoms with van der Waals surface area (Å²) in [7, 11) is 2.14. The van der Waals surface area contributed by atoms with Gasteiger partial charge in [-0.3, -0.25) is 0 Å². The quantitative estimate of drug-likeness (QED) is 0.753. The highest BCUT2D eigenvalue weighted by molar-refractivity contribution is 5.53. The third-order valence-electron chi connectivity index (χ3n) is 2.92. The lowest BCUT2D eigenvalue weighted by Gasteiger charge is -2.34. The molecule has 1 heterocycles. The number of aryl methyl sites for hydroxylation is 1. The van der Waals surface area contributed by atoms with Gasteiger partial charge in [0.15, 0.2) is 0 Å². The highest BCUT2D eigenvalue weighted by Crippen LogP contribution is 2.23. The van der Waals surface area contributed by atoms with Crippen molar-refractivity contribution in [2.45, 2.75) is 6.92 Å². The Kier molecular flexibility index (Phi) is 2.82. The predicted molar refractivity (Wildman–Crippen MR) is 62.6 cm³/mol. The molecule has 1 saturated heterocycles. The van der Waals surface area contributed by atoms with Crippen LogP contribution in [0.25, 0.3) is 0 Å². The Morgan fingerprint density at radius 3 is 2.33 bits per heavy atom. The highest BCUT2D eigenvalue weighted by atomic mass is 16.3. The maximum Gasteiger partial charge on any atom is 0.117 e. The van der Waals surface area contributed by atoms with Gasteiger partial charge in [-0.1, -0.05) is 0 Å². The first-order valence-electron chi connectivity index (χ1n) is 5.39.